The molecule has 0 bridgehead atoms. The predicted octanol–water partition coefficient (Wildman–Crippen LogP) is 2.85. The van der Waals surface area contributed by atoms with Gasteiger partial charge in [-0.2, -0.15) is 5.11 Å². The second-order valence-electron chi connectivity index (χ2n) is 8.70. The van der Waals surface area contributed by atoms with Crippen molar-refractivity contribution in [1.29, 1.82) is 5.53 Å². The smallest absolute Gasteiger partial charge is 0.191 e. The number of benzene rings is 1. The summed E-state index contributed by atoms with van der Waals surface area (Å²) >= 11 is 1.48. The lowest BCUT2D eigenvalue weighted by atomic mass is 10.1. The molecule has 0 saturated heterocycles. The van der Waals surface area contributed by atoms with Crippen LogP contribution in [0.3, 0.4) is 0 Å². The maximum absolute atomic E-state index is 11.2. The van der Waals surface area contributed by atoms with Gasteiger partial charge >= 0.3 is 0 Å². The van der Waals surface area contributed by atoms with Crippen LogP contribution in [0, 0.1) is 5.53 Å². The SMILES string of the molecule is CCCSc1nc(NC2Cc3ccccc3C2)c(N=N)c(NC2(O)CCC(OCCO)C2O)n1. The molecule has 0 aliphatic heterocycles. The topological polar surface area (TPSA) is 156 Å². The Morgan fingerprint density at radius 1 is 1.24 bits per heavy atom. The Labute approximate surface area is 203 Å². The molecule has 2 aromatic rings. The molecule has 3 unspecified atom stereocenters. The van der Waals surface area contributed by atoms with Gasteiger partial charge in [-0.1, -0.05) is 43.0 Å². The lowest BCUT2D eigenvalue weighted by Gasteiger charge is -2.30. The number of aromatic nitrogens is 2. The summed E-state index contributed by atoms with van der Waals surface area (Å²) in [6.07, 6.45) is 1.38. The molecule has 0 spiro atoms. The fourth-order valence-electron chi connectivity index (χ4n) is 4.54. The van der Waals surface area contributed by atoms with E-state index in [2.05, 4.69) is 44.8 Å². The van der Waals surface area contributed by atoms with Crippen molar-refractivity contribution >= 4 is 29.1 Å². The van der Waals surface area contributed by atoms with E-state index >= 15 is 0 Å². The van der Waals surface area contributed by atoms with Crippen molar-refractivity contribution < 1.29 is 20.1 Å². The first-order valence-electron chi connectivity index (χ1n) is 11.6. The minimum atomic E-state index is -1.71. The summed E-state index contributed by atoms with van der Waals surface area (Å²) < 4.78 is 5.46. The molecule has 11 heteroatoms. The Kier molecular flexibility index (Phi) is 7.99. The van der Waals surface area contributed by atoms with Crippen LogP contribution < -0.4 is 10.6 Å². The van der Waals surface area contributed by atoms with Crippen LogP contribution in [-0.4, -0.2) is 68.2 Å². The fourth-order valence-corrected chi connectivity index (χ4v) is 5.23. The minimum Gasteiger partial charge on any atom is -0.394 e. The summed E-state index contributed by atoms with van der Waals surface area (Å²) in [5.41, 5.74) is 8.86. The third-order valence-corrected chi connectivity index (χ3v) is 7.27. The van der Waals surface area contributed by atoms with Gasteiger partial charge in [-0.25, -0.2) is 15.5 Å². The second kappa shape index (κ2) is 11.0. The van der Waals surface area contributed by atoms with Crippen LogP contribution in [0.15, 0.2) is 34.5 Å². The molecule has 34 heavy (non-hydrogen) atoms. The molecule has 2 aliphatic rings. The van der Waals surface area contributed by atoms with Crippen molar-refractivity contribution in [2.45, 2.75) is 68.2 Å². The van der Waals surface area contributed by atoms with E-state index in [4.69, 9.17) is 15.4 Å². The predicted molar refractivity (Wildman–Crippen MR) is 130 cm³/mol. The molecule has 1 aromatic heterocycles. The third kappa shape index (κ3) is 5.33. The van der Waals surface area contributed by atoms with Gasteiger partial charge < -0.3 is 30.7 Å². The zero-order chi connectivity index (χ0) is 24.1. The maximum atomic E-state index is 11.2. The Bertz CT molecular complexity index is 986. The van der Waals surface area contributed by atoms with E-state index in [-0.39, 0.29) is 37.2 Å². The molecular weight excluding hydrogens is 456 g/mol. The lowest BCUT2D eigenvalue weighted by molar-refractivity contribution is -0.0945. The number of nitrogens with one attached hydrogen (secondary N) is 3. The van der Waals surface area contributed by atoms with Gasteiger partial charge in [-0.05, 0) is 36.8 Å². The van der Waals surface area contributed by atoms with Crippen LogP contribution in [-0.2, 0) is 17.6 Å². The van der Waals surface area contributed by atoms with E-state index in [0.717, 1.165) is 25.0 Å². The summed E-state index contributed by atoms with van der Waals surface area (Å²) in [7, 11) is 0. The number of aliphatic hydroxyl groups is 3. The first kappa shape index (κ1) is 24.8. The van der Waals surface area contributed by atoms with Gasteiger partial charge in [0.15, 0.2) is 28.2 Å². The summed E-state index contributed by atoms with van der Waals surface area (Å²) in [6, 6.07) is 8.40. The van der Waals surface area contributed by atoms with Crippen LogP contribution in [0.25, 0.3) is 0 Å². The highest BCUT2D eigenvalue weighted by Crippen LogP contribution is 2.39. The number of thioether (sulfide) groups is 1. The quantitative estimate of drug-likeness (QED) is 0.121. The van der Waals surface area contributed by atoms with Crippen molar-refractivity contribution in [2.24, 2.45) is 5.11 Å². The van der Waals surface area contributed by atoms with Crippen LogP contribution in [0.5, 0.6) is 0 Å². The number of ether oxygens (including phenoxy) is 1. The maximum Gasteiger partial charge on any atom is 0.191 e. The van der Waals surface area contributed by atoms with Gasteiger partial charge in [-0.3, -0.25) is 0 Å². The van der Waals surface area contributed by atoms with Gasteiger partial charge in [0.2, 0.25) is 0 Å². The standard InChI is InChI=1S/C23H32N6O4S/c1-2-11-34-22-26-20(25-16-12-14-5-3-4-6-15(14)13-16)18(29-24)21(27-22)28-23(32)8-7-17(19(23)31)33-10-9-30/h3-6,16-17,19,24,30-32H,2,7-13H2,1H3,(H2,25,26,27,28). The van der Waals surface area contributed by atoms with Gasteiger partial charge in [0.05, 0.1) is 19.3 Å². The monoisotopic (exact) mass is 488 g/mol. The average molecular weight is 489 g/mol. The lowest BCUT2D eigenvalue weighted by Crippen LogP contribution is -2.49. The molecule has 1 aromatic carbocycles. The molecule has 2 aliphatic carbocycles. The van der Waals surface area contributed by atoms with E-state index < -0.39 is 17.9 Å². The minimum absolute atomic E-state index is 0.0776. The molecule has 1 heterocycles. The normalized spacial score (nSPS) is 24.2. The van der Waals surface area contributed by atoms with Crippen molar-refractivity contribution in [1.82, 2.24) is 9.97 Å². The number of anilines is 2. The highest BCUT2D eigenvalue weighted by Gasteiger charge is 2.48. The van der Waals surface area contributed by atoms with Gasteiger partial charge in [0.25, 0.3) is 0 Å². The first-order chi connectivity index (χ1) is 16.5. The largest absolute Gasteiger partial charge is 0.394 e. The van der Waals surface area contributed by atoms with Crippen molar-refractivity contribution in [2.75, 3.05) is 29.6 Å². The van der Waals surface area contributed by atoms with Crippen LogP contribution in [0.4, 0.5) is 17.3 Å². The van der Waals surface area contributed by atoms with E-state index in [9.17, 15) is 10.2 Å². The molecule has 6 N–H and O–H groups in total. The van der Waals surface area contributed by atoms with E-state index in [1.54, 1.807) is 0 Å². The molecule has 184 valence electrons. The fraction of sp³-hybridized carbons (Fsp3) is 0.565. The van der Waals surface area contributed by atoms with Crippen LogP contribution in [0.1, 0.15) is 37.3 Å². The van der Waals surface area contributed by atoms with E-state index in [0.29, 0.717) is 17.4 Å². The molecule has 4 rings (SSSR count). The Hall–Kier alpha value is -2.31. The van der Waals surface area contributed by atoms with Crippen LogP contribution in [0.2, 0.25) is 0 Å². The summed E-state index contributed by atoms with van der Waals surface area (Å²) in [5, 5.41) is 41.4. The van der Waals surface area contributed by atoms with Crippen molar-refractivity contribution in [3.63, 3.8) is 0 Å². The summed E-state index contributed by atoms with van der Waals surface area (Å²) in [4.78, 5) is 9.15. The molecule has 10 nitrogen and oxygen atoms in total. The van der Waals surface area contributed by atoms with Crippen LogP contribution >= 0.6 is 11.8 Å². The number of hydrogen-bond acceptors (Lipinski definition) is 11. The van der Waals surface area contributed by atoms with Crippen molar-refractivity contribution in [3.05, 3.63) is 35.4 Å². The van der Waals surface area contributed by atoms with Gasteiger partial charge in [0, 0.05) is 18.2 Å². The molecule has 0 amide bonds. The number of aliphatic hydroxyl groups excluding tert-OH is 2. The molecule has 3 atom stereocenters. The number of nitrogens with zero attached hydrogens (tertiary/aromatic N) is 3. The van der Waals surface area contributed by atoms with Gasteiger partial charge in [-0.15, -0.1) is 0 Å². The number of rotatable bonds is 11. The first-order valence-corrected chi connectivity index (χ1v) is 12.6. The summed E-state index contributed by atoms with van der Waals surface area (Å²) in [5.74, 6) is 1.42. The third-order valence-electron chi connectivity index (χ3n) is 6.21. The Morgan fingerprint density at radius 2 is 1.94 bits per heavy atom. The Balaban J connectivity index is 1.59. The average Bonchev–Trinajstić information content (AvgIpc) is 3.36. The molecule has 0 radical (unpaired) electrons. The number of hydrogen-bond donors (Lipinski definition) is 6. The zero-order valence-electron chi connectivity index (χ0n) is 19.2. The van der Waals surface area contributed by atoms with E-state index in [1.165, 1.54) is 22.9 Å². The second-order valence-corrected chi connectivity index (χ2v) is 9.76. The zero-order valence-corrected chi connectivity index (χ0v) is 20.0. The van der Waals surface area contributed by atoms with Crippen molar-refractivity contribution in [3.8, 4) is 0 Å². The highest BCUT2D eigenvalue weighted by atomic mass is 32.2. The molecule has 1 fully saturated rings. The molecule has 1 saturated carbocycles. The van der Waals surface area contributed by atoms with Gasteiger partial charge in [0.1, 0.15) is 6.10 Å². The molecular formula is C23H32N6O4S. The summed E-state index contributed by atoms with van der Waals surface area (Å²) in [6.45, 7) is 1.98. The number of fused-ring (bicyclic) bond motifs is 1. The Morgan fingerprint density at radius 3 is 2.59 bits per heavy atom. The highest BCUT2D eigenvalue weighted by molar-refractivity contribution is 7.99. The van der Waals surface area contributed by atoms with E-state index in [1.807, 2.05) is 12.1 Å².